The van der Waals surface area contributed by atoms with Crippen LogP contribution < -0.4 is 11.1 Å². The Morgan fingerprint density at radius 3 is 2.62 bits per heavy atom. The minimum absolute atomic E-state index is 0.296. The van der Waals surface area contributed by atoms with Crippen molar-refractivity contribution in [2.45, 2.75) is 45.7 Å². The Morgan fingerprint density at radius 1 is 1.50 bits per heavy atom. The Balaban J connectivity index is 2.81. The number of amides is 1. The summed E-state index contributed by atoms with van der Waals surface area (Å²) in [4.78, 5) is 13.7. The number of rotatable bonds is 6. The summed E-state index contributed by atoms with van der Waals surface area (Å²) in [5, 5.41) is 3.26. The minimum Gasteiger partial charge on any atom is -0.368 e. The molecule has 1 heterocycles. The molecule has 0 saturated heterocycles. The highest BCUT2D eigenvalue weighted by molar-refractivity contribution is 7.12. The predicted molar refractivity (Wildman–Crippen MR) is 68.5 cm³/mol. The normalized spacial score (nSPS) is 14.7. The molecule has 1 amide bonds. The Labute approximate surface area is 101 Å². The molecule has 0 aliphatic heterocycles. The summed E-state index contributed by atoms with van der Waals surface area (Å²) in [6.07, 6.45) is 1.98. The van der Waals surface area contributed by atoms with Gasteiger partial charge in [-0.15, -0.1) is 11.3 Å². The third-order valence-electron chi connectivity index (χ3n) is 2.66. The molecule has 0 aliphatic rings. The van der Waals surface area contributed by atoms with Crippen LogP contribution in [-0.2, 0) is 11.2 Å². The van der Waals surface area contributed by atoms with Crippen LogP contribution in [0, 0.1) is 0 Å². The number of nitrogens with one attached hydrogen (secondary N) is 1. The molecule has 2 unspecified atom stereocenters. The fourth-order valence-electron chi connectivity index (χ4n) is 1.45. The average molecular weight is 240 g/mol. The number of hydrogen-bond donors (Lipinski definition) is 2. The third kappa shape index (κ3) is 3.32. The Kier molecular flexibility index (Phi) is 4.96. The minimum atomic E-state index is -0.347. The van der Waals surface area contributed by atoms with Gasteiger partial charge in [-0.2, -0.15) is 0 Å². The Morgan fingerprint density at radius 2 is 2.19 bits per heavy atom. The molecule has 3 nitrogen and oxygen atoms in total. The summed E-state index contributed by atoms with van der Waals surface area (Å²) >= 11 is 1.66. The van der Waals surface area contributed by atoms with Gasteiger partial charge in [0, 0.05) is 15.8 Å². The second-order valence-electron chi connectivity index (χ2n) is 3.97. The number of aryl methyl sites for hydroxylation is 1. The molecular weight excluding hydrogens is 220 g/mol. The first kappa shape index (κ1) is 13.2. The lowest BCUT2D eigenvalue weighted by Crippen LogP contribution is -2.38. The highest BCUT2D eigenvalue weighted by Gasteiger charge is 2.20. The van der Waals surface area contributed by atoms with Gasteiger partial charge in [-0.3, -0.25) is 10.1 Å². The molecular formula is C12H20N2OS. The molecule has 1 rings (SSSR count). The van der Waals surface area contributed by atoms with E-state index in [0.29, 0.717) is 6.04 Å². The molecule has 0 spiro atoms. The number of hydrogen-bond acceptors (Lipinski definition) is 3. The molecule has 0 aromatic carbocycles. The monoisotopic (exact) mass is 240 g/mol. The van der Waals surface area contributed by atoms with E-state index in [4.69, 9.17) is 5.73 Å². The van der Waals surface area contributed by atoms with E-state index < -0.39 is 0 Å². The molecule has 1 aromatic heterocycles. The van der Waals surface area contributed by atoms with Crippen LogP contribution in [-0.4, -0.2) is 11.9 Å². The number of carbonyl (C=O) groups excluding carboxylic acids is 1. The van der Waals surface area contributed by atoms with Crippen molar-refractivity contribution in [3.05, 3.63) is 21.9 Å². The molecule has 2 atom stereocenters. The largest absolute Gasteiger partial charge is 0.368 e. The van der Waals surface area contributed by atoms with Gasteiger partial charge < -0.3 is 5.73 Å². The van der Waals surface area contributed by atoms with Crippen molar-refractivity contribution < 1.29 is 4.79 Å². The van der Waals surface area contributed by atoms with Gasteiger partial charge in [0.1, 0.15) is 6.04 Å². The average Bonchev–Trinajstić information content (AvgIpc) is 2.73. The van der Waals surface area contributed by atoms with Crippen LogP contribution in [0.5, 0.6) is 0 Å². The van der Waals surface area contributed by atoms with Crippen molar-refractivity contribution in [2.75, 3.05) is 0 Å². The number of carbonyl (C=O) groups is 1. The lowest BCUT2D eigenvalue weighted by Gasteiger charge is -2.18. The maximum absolute atomic E-state index is 11.4. The summed E-state index contributed by atoms with van der Waals surface area (Å²) in [5.41, 5.74) is 5.43. The van der Waals surface area contributed by atoms with E-state index in [-0.39, 0.29) is 11.9 Å². The summed E-state index contributed by atoms with van der Waals surface area (Å²) < 4.78 is 0. The zero-order valence-electron chi connectivity index (χ0n) is 10.1. The highest BCUT2D eigenvalue weighted by atomic mass is 32.1. The van der Waals surface area contributed by atoms with Crippen molar-refractivity contribution in [3.63, 3.8) is 0 Å². The van der Waals surface area contributed by atoms with E-state index >= 15 is 0 Å². The van der Waals surface area contributed by atoms with Crippen molar-refractivity contribution in [2.24, 2.45) is 5.73 Å². The fraction of sp³-hybridized carbons (Fsp3) is 0.583. The van der Waals surface area contributed by atoms with E-state index in [1.165, 1.54) is 4.88 Å². The Hall–Kier alpha value is -0.870. The van der Waals surface area contributed by atoms with Crippen molar-refractivity contribution >= 4 is 17.2 Å². The number of thiophene rings is 1. The maximum atomic E-state index is 11.4. The van der Waals surface area contributed by atoms with Crippen molar-refractivity contribution in [1.82, 2.24) is 5.32 Å². The van der Waals surface area contributed by atoms with Gasteiger partial charge in [0.25, 0.3) is 0 Å². The quantitative estimate of drug-likeness (QED) is 0.801. The molecule has 3 N–H and O–H groups in total. The second kappa shape index (κ2) is 6.01. The SMILES string of the molecule is CCc1ccc(C(NC(C)CC)C(N)=O)s1. The first-order valence-electron chi connectivity index (χ1n) is 5.72. The van der Waals surface area contributed by atoms with Gasteiger partial charge in [-0.25, -0.2) is 0 Å². The lowest BCUT2D eigenvalue weighted by atomic mass is 10.1. The van der Waals surface area contributed by atoms with E-state index in [1.807, 2.05) is 6.07 Å². The van der Waals surface area contributed by atoms with Crippen LogP contribution in [0.3, 0.4) is 0 Å². The molecule has 1 aromatic rings. The lowest BCUT2D eigenvalue weighted by molar-refractivity contribution is -0.120. The summed E-state index contributed by atoms with van der Waals surface area (Å²) in [7, 11) is 0. The van der Waals surface area contributed by atoms with Gasteiger partial charge in [-0.05, 0) is 31.9 Å². The molecule has 4 heteroatoms. The smallest absolute Gasteiger partial charge is 0.240 e. The summed E-state index contributed by atoms with van der Waals surface area (Å²) in [6, 6.07) is 4.01. The van der Waals surface area contributed by atoms with Crippen LogP contribution in [0.15, 0.2) is 12.1 Å². The molecule has 0 saturated carbocycles. The molecule has 90 valence electrons. The van der Waals surface area contributed by atoms with E-state index in [1.54, 1.807) is 11.3 Å². The standard InChI is InChI=1S/C12H20N2OS/c1-4-8(3)14-11(12(13)15)10-7-6-9(5-2)16-10/h6-8,11,14H,4-5H2,1-3H3,(H2,13,15). The number of primary amides is 1. The first-order valence-corrected chi connectivity index (χ1v) is 6.54. The van der Waals surface area contributed by atoms with Gasteiger partial charge >= 0.3 is 0 Å². The van der Waals surface area contributed by atoms with Crippen molar-refractivity contribution in [3.8, 4) is 0 Å². The van der Waals surface area contributed by atoms with E-state index in [9.17, 15) is 4.79 Å². The molecule has 0 aliphatic carbocycles. The van der Waals surface area contributed by atoms with Crippen molar-refractivity contribution in [1.29, 1.82) is 0 Å². The maximum Gasteiger partial charge on any atom is 0.240 e. The van der Waals surface area contributed by atoms with Gasteiger partial charge in [0.2, 0.25) is 5.91 Å². The summed E-state index contributed by atoms with van der Waals surface area (Å²) in [6.45, 7) is 6.25. The van der Waals surface area contributed by atoms with E-state index in [0.717, 1.165) is 17.7 Å². The van der Waals surface area contributed by atoms with Gasteiger partial charge in [0.15, 0.2) is 0 Å². The first-order chi connectivity index (χ1) is 7.58. The summed E-state index contributed by atoms with van der Waals surface area (Å²) in [5.74, 6) is -0.301. The molecule has 0 radical (unpaired) electrons. The highest BCUT2D eigenvalue weighted by Crippen LogP contribution is 2.24. The molecule has 0 fully saturated rings. The van der Waals surface area contributed by atoms with E-state index in [2.05, 4.69) is 32.2 Å². The van der Waals surface area contributed by atoms with Gasteiger partial charge in [0.05, 0.1) is 0 Å². The van der Waals surface area contributed by atoms with Gasteiger partial charge in [-0.1, -0.05) is 13.8 Å². The topological polar surface area (TPSA) is 55.1 Å². The Bertz CT molecular complexity index is 349. The van der Waals surface area contributed by atoms with Crippen LogP contribution in [0.2, 0.25) is 0 Å². The zero-order valence-corrected chi connectivity index (χ0v) is 10.9. The van der Waals surface area contributed by atoms with Crippen LogP contribution in [0.4, 0.5) is 0 Å². The van der Waals surface area contributed by atoms with Crippen LogP contribution in [0.1, 0.15) is 43.0 Å². The van der Waals surface area contributed by atoms with Crippen LogP contribution in [0.25, 0.3) is 0 Å². The molecule has 16 heavy (non-hydrogen) atoms. The third-order valence-corrected chi connectivity index (χ3v) is 3.96. The second-order valence-corrected chi connectivity index (χ2v) is 5.17. The predicted octanol–water partition coefficient (Wildman–Crippen LogP) is 2.23. The fourth-order valence-corrected chi connectivity index (χ4v) is 2.47. The zero-order chi connectivity index (χ0) is 12.1. The molecule has 0 bridgehead atoms. The number of nitrogens with two attached hydrogens (primary N) is 1. The van der Waals surface area contributed by atoms with Crippen LogP contribution >= 0.6 is 11.3 Å².